The smallest absolute Gasteiger partial charge is 0.299 e. The van der Waals surface area contributed by atoms with Gasteiger partial charge in [-0.05, 0) is 13.0 Å². The van der Waals surface area contributed by atoms with E-state index in [2.05, 4.69) is 5.32 Å². The van der Waals surface area contributed by atoms with Crippen molar-refractivity contribution in [3.8, 4) is 0 Å². The number of aliphatic hydroxyl groups excluding tert-OH is 4. The van der Waals surface area contributed by atoms with Crippen molar-refractivity contribution in [2.24, 2.45) is 0 Å². The first-order valence-electron chi connectivity index (χ1n) is 7.89. The molecule has 27 heavy (non-hydrogen) atoms. The van der Waals surface area contributed by atoms with E-state index in [9.17, 15) is 40.7 Å². The van der Waals surface area contributed by atoms with Crippen LogP contribution in [0, 0.1) is 20.2 Å². The fourth-order valence-corrected chi connectivity index (χ4v) is 3.76. The minimum absolute atomic E-state index is 0.0418. The molecule has 150 valence electrons. The largest absolute Gasteiger partial charge is 0.394 e. The van der Waals surface area contributed by atoms with Crippen molar-refractivity contribution in [1.29, 1.82) is 0 Å². The van der Waals surface area contributed by atoms with Gasteiger partial charge in [0.15, 0.2) is 0 Å². The predicted molar refractivity (Wildman–Crippen MR) is 93.5 cm³/mol. The van der Waals surface area contributed by atoms with Gasteiger partial charge >= 0.3 is 0 Å². The summed E-state index contributed by atoms with van der Waals surface area (Å²) in [6.07, 6.45) is -5.99. The van der Waals surface area contributed by atoms with Crippen molar-refractivity contribution in [3.05, 3.63) is 32.4 Å². The van der Waals surface area contributed by atoms with Gasteiger partial charge in [0.2, 0.25) is 0 Å². The summed E-state index contributed by atoms with van der Waals surface area (Å²) < 4.78 is 5.32. The molecule has 5 atom stereocenters. The van der Waals surface area contributed by atoms with Crippen molar-refractivity contribution in [1.82, 2.24) is 0 Å². The Morgan fingerprint density at radius 2 is 1.74 bits per heavy atom. The van der Waals surface area contributed by atoms with Gasteiger partial charge in [-0.3, -0.25) is 20.2 Å². The number of thioether (sulfide) groups is 1. The third kappa shape index (κ3) is 4.45. The lowest BCUT2D eigenvalue weighted by molar-refractivity contribution is -0.395. The number of nitrogens with one attached hydrogen (secondary N) is 1. The Labute approximate surface area is 157 Å². The fraction of sp³-hybridized carbons (Fsp3) is 0.571. The van der Waals surface area contributed by atoms with Crippen LogP contribution in [0.4, 0.5) is 17.1 Å². The Balaban J connectivity index is 2.43. The highest BCUT2D eigenvalue weighted by molar-refractivity contribution is 8.00. The maximum atomic E-state index is 11.3. The lowest BCUT2D eigenvalue weighted by atomic mass is 10.0. The lowest BCUT2D eigenvalue weighted by Gasteiger charge is -2.39. The quantitative estimate of drug-likeness (QED) is 0.299. The van der Waals surface area contributed by atoms with E-state index >= 15 is 0 Å². The zero-order chi connectivity index (χ0) is 20.3. The van der Waals surface area contributed by atoms with Crippen molar-refractivity contribution >= 4 is 28.8 Å². The number of benzene rings is 1. The van der Waals surface area contributed by atoms with Crippen LogP contribution in [0.1, 0.15) is 6.92 Å². The number of rotatable bonds is 7. The molecule has 0 amide bonds. The minimum atomic E-state index is -1.64. The van der Waals surface area contributed by atoms with E-state index in [4.69, 9.17) is 4.74 Å². The van der Waals surface area contributed by atoms with Crippen LogP contribution in [0.2, 0.25) is 0 Å². The summed E-state index contributed by atoms with van der Waals surface area (Å²) in [7, 11) is 0. The summed E-state index contributed by atoms with van der Waals surface area (Å²) in [5.41, 5.74) is -2.28. The van der Waals surface area contributed by atoms with Gasteiger partial charge in [0.25, 0.3) is 11.4 Å². The zero-order valence-corrected chi connectivity index (χ0v) is 14.9. The van der Waals surface area contributed by atoms with Crippen molar-refractivity contribution < 1.29 is 35.0 Å². The highest BCUT2D eigenvalue weighted by Crippen LogP contribution is 2.42. The number of anilines is 1. The average molecular weight is 405 g/mol. The Bertz CT molecular complexity index is 717. The summed E-state index contributed by atoms with van der Waals surface area (Å²) >= 11 is 0.654. The van der Waals surface area contributed by atoms with Crippen LogP contribution in [0.3, 0.4) is 0 Å². The van der Waals surface area contributed by atoms with E-state index in [-0.39, 0.29) is 10.6 Å². The van der Waals surface area contributed by atoms with E-state index in [0.717, 1.165) is 6.07 Å². The van der Waals surface area contributed by atoms with Crippen LogP contribution in [-0.4, -0.2) is 73.3 Å². The molecule has 2 rings (SSSR count). The van der Waals surface area contributed by atoms with Gasteiger partial charge in [-0.15, -0.1) is 0 Å². The van der Waals surface area contributed by atoms with Crippen LogP contribution in [0.15, 0.2) is 17.0 Å². The van der Waals surface area contributed by atoms with Crippen molar-refractivity contribution in [2.45, 2.75) is 41.7 Å². The number of nitrogens with zero attached hydrogens (tertiary/aromatic N) is 2. The molecule has 12 nitrogen and oxygen atoms in total. The number of hydrogen-bond acceptors (Lipinski definition) is 11. The number of hydrogen-bond donors (Lipinski definition) is 5. The standard InChI is InChI=1S/C14H19N3O9S/c1-2-15-6-3-10(8(17(24)25)4-7(6)16(22)23)27-14-13(21)12(20)11(19)9(5-18)26-14/h3-4,9,11-15,18-21H,2,5H2,1H3/t9-,11+,12+,13-,14+/m1/s1. The summed E-state index contributed by atoms with van der Waals surface area (Å²) in [5.74, 6) is 0. The third-order valence-electron chi connectivity index (χ3n) is 3.93. The van der Waals surface area contributed by atoms with Crippen molar-refractivity contribution in [3.63, 3.8) is 0 Å². The van der Waals surface area contributed by atoms with E-state index in [1.807, 2.05) is 0 Å². The molecule has 0 bridgehead atoms. The van der Waals surface area contributed by atoms with Gasteiger partial charge < -0.3 is 30.5 Å². The molecular weight excluding hydrogens is 386 g/mol. The molecule has 0 unspecified atom stereocenters. The third-order valence-corrected chi connectivity index (χ3v) is 5.13. The first kappa shape index (κ1) is 21.3. The molecule has 0 saturated carbocycles. The Morgan fingerprint density at radius 3 is 2.26 bits per heavy atom. The summed E-state index contributed by atoms with van der Waals surface area (Å²) in [5, 5.41) is 64.2. The second kappa shape index (κ2) is 8.77. The van der Waals surface area contributed by atoms with Crippen LogP contribution < -0.4 is 5.32 Å². The molecule has 5 N–H and O–H groups in total. The van der Waals surface area contributed by atoms with Crippen LogP contribution in [0.25, 0.3) is 0 Å². The molecule has 1 aliphatic heterocycles. The summed E-state index contributed by atoms with van der Waals surface area (Å²) in [6, 6.07) is 1.98. The normalized spacial score (nSPS) is 28.0. The number of ether oxygens (including phenoxy) is 1. The Hall–Kier alpha value is -2.03. The van der Waals surface area contributed by atoms with Crippen LogP contribution in [-0.2, 0) is 4.74 Å². The maximum absolute atomic E-state index is 11.3. The minimum Gasteiger partial charge on any atom is -0.394 e. The van der Waals surface area contributed by atoms with E-state index in [1.54, 1.807) is 6.92 Å². The molecule has 1 aromatic carbocycles. The molecular formula is C14H19N3O9S. The second-order valence-corrected chi connectivity index (χ2v) is 6.84. The van der Waals surface area contributed by atoms with Gasteiger partial charge in [0, 0.05) is 6.54 Å². The van der Waals surface area contributed by atoms with Gasteiger partial charge in [-0.25, -0.2) is 0 Å². The van der Waals surface area contributed by atoms with E-state index in [0.29, 0.717) is 18.3 Å². The molecule has 1 aliphatic rings. The van der Waals surface area contributed by atoms with Gasteiger partial charge in [-0.2, -0.15) is 0 Å². The van der Waals surface area contributed by atoms with Crippen LogP contribution in [0.5, 0.6) is 0 Å². The topological polar surface area (TPSA) is 188 Å². The zero-order valence-electron chi connectivity index (χ0n) is 14.1. The first-order chi connectivity index (χ1) is 12.7. The molecule has 1 fully saturated rings. The number of nitro benzene ring substituents is 2. The molecule has 1 aromatic rings. The fourth-order valence-electron chi connectivity index (χ4n) is 2.57. The number of nitro groups is 2. The highest BCUT2D eigenvalue weighted by Gasteiger charge is 2.44. The van der Waals surface area contributed by atoms with Gasteiger partial charge in [0.05, 0.1) is 27.4 Å². The highest BCUT2D eigenvalue weighted by atomic mass is 32.2. The lowest BCUT2D eigenvalue weighted by Crippen LogP contribution is -2.57. The van der Waals surface area contributed by atoms with Gasteiger partial charge in [-0.1, -0.05) is 11.8 Å². The number of aliphatic hydroxyl groups is 4. The van der Waals surface area contributed by atoms with E-state index in [1.165, 1.54) is 6.07 Å². The molecule has 1 saturated heterocycles. The Kier molecular flexibility index (Phi) is 6.91. The van der Waals surface area contributed by atoms with Gasteiger partial charge in [0.1, 0.15) is 35.5 Å². The summed E-state index contributed by atoms with van der Waals surface area (Å²) in [6.45, 7) is 1.37. The molecule has 0 aliphatic carbocycles. The summed E-state index contributed by atoms with van der Waals surface area (Å²) in [4.78, 5) is 20.9. The van der Waals surface area contributed by atoms with E-state index < -0.39 is 57.7 Å². The second-order valence-electron chi connectivity index (χ2n) is 5.70. The predicted octanol–water partition coefficient (Wildman–Crippen LogP) is -0.173. The monoisotopic (exact) mass is 405 g/mol. The average Bonchev–Trinajstić information content (AvgIpc) is 2.62. The first-order valence-corrected chi connectivity index (χ1v) is 8.77. The van der Waals surface area contributed by atoms with Crippen LogP contribution >= 0.6 is 11.8 Å². The molecule has 0 spiro atoms. The maximum Gasteiger partial charge on any atom is 0.299 e. The molecule has 1 heterocycles. The molecule has 0 radical (unpaired) electrons. The Morgan fingerprint density at radius 1 is 1.11 bits per heavy atom. The molecule has 13 heteroatoms. The molecule has 0 aromatic heterocycles. The SMILES string of the molecule is CCNc1cc(S[C@@H]2O[C@H](CO)[C@H](O)[C@H](O)[C@H]2O)c([N+](=O)[O-])cc1[N+](=O)[O-]. The van der Waals surface area contributed by atoms with Crippen molar-refractivity contribution in [2.75, 3.05) is 18.5 Å².